The number of alkyl halides is 3. The lowest BCUT2D eigenvalue weighted by molar-refractivity contribution is -0.357. The highest BCUT2D eigenvalue weighted by atomic mass is 35.5. The van der Waals surface area contributed by atoms with E-state index in [-0.39, 0.29) is 43.6 Å². The summed E-state index contributed by atoms with van der Waals surface area (Å²) in [6, 6.07) is 6.69. The van der Waals surface area contributed by atoms with Gasteiger partial charge in [0.15, 0.2) is 6.61 Å². The van der Waals surface area contributed by atoms with Crippen LogP contribution in [0.5, 0.6) is 5.75 Å². The second kappa shape index (κ2) is 10.7. The van der Waals surface area contributed by atoms with Gasteiger partial charge in [-0.3, -0.25) is 9.53 Å². The van der Waals surface area contributed by atoms with Crippen molar-refractivity contribution >= 4 is 17.5 Å². The Morgan fingerprint density at radius 2 is 1.90 bits per heavy atom. The van der Waals surface area contributed by atoms with Crippen LogP contribution in [-0.2, 0) is 19.0 Å². The van der Waals surface area contributed by atoms with E-state index in [1.54, 1.807) is 24.3 Å². The molecule has 2 fully saturated rings. The van der Waals surface area contributed by atoms with Gasteiger partial charge in [-0.25, -0.2) is 0 Å². The van der Waals surface area contributed by atoms with Gasteiger partial charge in [0.05, 0.1) is 31.0 Å². The Hall–Kier alpha value is -1.55. The van der Waals surface area contributed by atoms with Crippen LogP contribution in [0.25, 0.3) is 0 Å². The lowest BCUT2D eigenvalue weighted by Gasteiger charge is -2.35. The molecule has 168 valence electrons. The van der Waals surface area contributed by atoms with E-state index in [1.165, 1.54) is 0 Å². The molecule has 0 bridgehead atoms. The summed E-state index contributed by atoms with van der Waals surface area (Å²) in [5, 5.41) is 3.48. The van der Waals surface area contributed by atoms with E-state index >= 15 is 0 Å². The number of carbonyl (C=O) groups excluding carboxylic acids is 1. The maximum atomic E-state index is 12.1. The fraction of sp³-hybridized carbons (Fsp3) is 0.650. The van der Waals surface area contributed by atoms with Crippen molar-refractivity contribution in [1.29, 1.82) is 0 Å². The molecule has 1 amide bonds. The normalized spacial score (nSPS) is 26.7. The Morgan fingerprint density at radius 3 is 2.53 bits per heavy atom. The molecule has 0 spiro atoms. The number of nitrogens with one attached hydrogen (secondary N) is 1. The maximum absolute atomic E-state index is 12.1. The largest absolute Gasteiger partial charge is 0.522 e. The standard InChI is InChI=1S/C20H25ClF3NO5/c21-13-1-4-15(5-2-13)29-12-19(26)25-14-3-6-16(28-11-14)7-8-27-17-9-18(10-17)30-20(22,23)24/h1-2,4-5,14,16-18H,3,6-12H2,(H,25,26)/t14-,16+,17?,18?/m1/s1. The van der Waals surface area contributed by atoms with Crippen LogP contribution in [0.4, 0.5) is 13.2 Å². The third kappa shape index (κ3) is 7.94. The minimum absolute atomic E-state index is 0.0192. The van der Waals surface area contributed by atoms with Crippen molar-refractivity contribution in [1.82, 2.24) is 5.32 Å². The lowest BCUT2D eigenvalue weighted by Crippen LogP contribution is -2.45. The zero-order chi connectivity index (χ0) is 21.6. The molecule has 0 aromatic heterocycles. The zero-order valence-corrected chi connectivity index (χ0v) is 17.1. The Bertz CT molecular complexity index is 674. The summed E-state index contributed by atoms with van der Waals surface area (Å²) < 4.78 is 56.9. The number of halogens is 4. The van der Waals surface area contributed by atoms with E-state index in [2.05, 4.69) is 10.1 Å². The van der Waals surface area contributed by atoms with Gasteiger partial charge in [0.2, 0.25) is 0 Å². The van der Waals surface area contributed by atoms with Crippen molar-refractivity contribution in [2.75, 3.05) is 19.8 Å². The van der Waals surface area contributed by atoms with Gasteiger partial charge in [-0.1, -0.05) is 11.6 Å². The van der Waals surface area contributed by atoms with Crippen LogP contribution in [0.2, 0.25) is 5.02 Å². The first-order valence-electron chi connectivity index (χ1n) is 9.92. The Labute approximate surface area is 177 Å². The average Bonchev–Trinajstić information content (AvgIpc) is 2.66. The lowest BCUT2D eigenvalue weighted by atomic mass is 9.92. The van der Waals surface area contributed by atoms with Crippen LogP contribution in [0.3, 0.4) is 0 Å². The van der Waals surface area contributed by atoms with E-state index in [0.717, 1.165) is 12.8 Å². The molecule has 1 N–H and O–H groups in total. The molecule has 1 heterocycles. The van der Waals surface area contributed by atoms with Gasteiger partial charge in [0, 0.05) is 24.5 Å². The summed E-state index contributed by atoms with van der Waals surface area (Å²) in [5.41, 5.74) is 0. The number of hydrogen-bond acceptors (Lipinski definition) is 5. The second-order valence-corrected chi connectivity index (χ2v) is 7.91. The van der Waals surface area contributed by atoms with E-state index in [1.807, 2.05) is 0 Å². The summed E-state index contributed by atoms with van der Waals surface area (Å²) in [6.07, 6.45) is -2.80. The molecule has 1 aromatic carbocycles. The summed E-state index contributed by atoms with van der Waals surface area (Å²) in [6.45, 7) is 0.748. The first-order chi connectivity index (χ1) is 14.3. The molecule has 1 aromatic rings. The molecule has 1 saturated carbocycles. The topological polar surface area (TPSA) is 66.0 Å². The Kier molecular flexibility index (Phi) is 8.21. The van der Waals surface area contributed by atoms with Crippen LogP contribution in [0.15, 0.2) is 24.3 Å². The van der Waals surface area contributed by atoms with Crippen molar-refractivity contribution in [3.63, 3.8) is 0 Å². The zero-order valence-electron chi connectivity index (χ0n) is 16.3. The molecule has 1 aliphatic heterocycles. The first kappa shape index (κ1) is 23.1. The van der Waals surface area contributed by atoms with Gasteiger partial charge < -0.3 is 19.5 Å². The van der Waals surface area contributed by atoms with E-state index < -0.39 is 12.5 Å². The molecule has 1 saturated heterocycles. The molecule has 0 unspecified atom stereocenters. The first-order valence-corrected chi connectivity index (χ1v) is 10.3. The highest BCUT2D eigenvalue weighted by Gasteiger charge is 2.40. The summed E-state index contributed by atoms with van der Waals surface area (Å²) in [7, 11) is 0. The van der Waals surface area contributed by atoms with Gasteiger partial charge in [0.1, 0.15) is 5.75 Å². The molecular weight excluding hydrogens is 427 g/mol. The maximum Gasteiger partial charge on any atom is 0.522 e. The van der Waals surface area contributed by atoms with Crippen LogP contribution >= 0.6 is 11.6 Å². The highest BCUT2D eigenvalue weighted by molar-refractivity contribution is 6.30. The number of carbonyl (C=O) groups is 1. The fourth-order valence-corrected chi connectivity index (χ4v) is 3.53. The third-order valence-electron chi connectivity index (χ3n) is 5.06. The second-order valence-electron chi connectivity index (χ2n) is 7.48. The molecule has 30 heavy (non-hydrogen) atoms. The molecule has 1 aliphatic carbocycles. The number of benzene rings is 1. The van der Waals surface area contributed by atoms with E-state index in [4.69, 9.17) is 25.8 Å². The van der Waals surface area contributed by atoms with E-state index in [0.29, 0.717) is 30.4 Å². The van der Waals surface area contributed by atoms with Crippen molar-refractivity contribution in [3.8, 4) is 5.75 Å². The predicted octanol–water partition coefficient (Wildman–Crippen LogP) is 3.86. The van der Waals surface area contributed by atoms with E-state index in [9.17, 15) is 18.0 Å². The van der Waals surface area contributed by atoms with Crippen LogP contribution in [0, 0.1) is 0 Å². The molecule has 2 atom stereocenters. The monoisotopic (exact) mass is 451 g/mol. The smallest absolute Gasteiger partial charge is 0.484 e. The quantitative estimate of drug-likeness (QED) is 0.617. The third-order valence-corrected chi connectivity index (χ3v) is 5.32. The predicted molar refractivity (Wildman–Crippen MR) is 102 cm³/mol. The summed E-state index contributed by atoms with van der Waals surface area (Å²) in [4.78, 5) is 12.0. The van der Waals surface area contributed by atoms with Crippen molar-refractivity contribution in [2.45, 2.75) is 62.8 Å². The molecule has 3 rings (SSSR count). The van der Waals surface area contributed by atoms with Crippen molar-refractivity contribution < 1.29 is 36.9 Å². The molecule has 0 radical (unpaired) electrons. The van der Waals surface area contributed by atoms with Gasteiger partial charge in [-0.15, -0.1) is 13.2 Å². The van der Waals surface area contributed by atoms with Gasteiger partial charge >= 0.3 is 6.36 Å². The van der Waals surface area contributed by atoms with Crippen LogP contribution in [-0.4, -0.2) is 56.4 Å². The molecule has 10 heteroatoms. The minimum Gasteiger partial charge on any atom is -0.484 e. The van der Waals surface area contributed by atoms with Crippen molar-refractivity contribution in [3.05, 3.63) is 29.3 Å². The van der Waals surface area contributed by atoms with Crippen LogP contribution < -0.4 is 10.1 Å². The average molecular weight is 452 g/mol. The summed E-state index contributed by atoms with van der Waals surface area (Å²) >= 11 is 5.80. The fourth-order valence-electron chi connectivity index (χ4n) is 3.40. The minimum atomic E-state index is -4.58. The summed E-state index contributed by atoms with van der Waals surface area (Å²) in [5.74, 6) is 0.346. The Morgan fingerprint density at radius 1 is 1.17 bits per heavy atom. The SMILES string of the molecule is O=C(COc1ccc(Cl)cc1)N[C@@H]1CC[C@@H](CCOC2CC(OC(F)(F)F)C2)OC1. The number of hydrogen-bond donors (Lipinski definition) is 1. The molecule has 6 nitrogen and oxygen atoms in total. The Balaban J connectivity index is 1.22. The molecular formula is C20H25ClF3NO5. The van der Waals surface area contributed by atoms with Gasteiger partial charge in [-0.05, 0) is 43.5 Å². The number of amides is 1. The van der Waals surface area contributed by atoms with Crippen LogP contribution in [0.1, 0.15) is 32.1 Å². The van der Waals surface area contributed by atoms with Crippen molar-refractivity contribution in [2.24, 2.45) is 0 Å². The van der Waals surface area contributed by atoms with Gasteiger partial charge in [-0.2, -0.15) is 0 Å². The number of rotatable bonds is 9. The highest BCUT2D eigenvalue weighted by Crippen LogP contribution is 2.32. The van der Waals surface area contributed by atoms with Gasteiger partial charge in [0.25, 0.3) is 5.91 Å². The molecule has 2 aliphatic rings. The number of ether oxygens (including phenoxy) is 4.